The molecule has 14 heteroatoms. The molecule has 1 saturated heterocycles. The molecule has 0 radical (unpaired) electrons. The number of nitrogens with zero attached hydrogens (tertiary/aromatic N) is 6. The Morgan fingerprint density at radius 1 is 1.12 bits per heavy atom. The lowest BCUT2D eigenvalue weighted by molar-refractivity contribution is -0.147. The van der Waals surface area contributed by atoms with E-state index in [1.807, 2.05) is 0 Å². The van der Waals surface area contributed by atoms with Gasteiger partial charge in [0.1, 0.15) is 22.5 Å². The summed E-state index contributed by atoms with van der Waals surface area (Å²) >= 11 is 6.33. The molecule has 0 saturated carbocycles. The summed E-state index contributed by atoms with van der Waals surface area (Å²) < 4.78 is 61.4. The Kier molecular flexibility index (Phi) is 7.08. The van der Waals surface area contributed by atoms with Crippen LogP contribution in [0.4, 0.5) is 13.2 Å². The van der Waals surface area contributed by atoms with Gasteiger partial charge in [0.15, 0.2) is 5.82 Å². The second-order valence-corrected chi connectivity index (χ2v) is 9.95. The highest BCUT2D eigenvalue weighted by molar-refractivity contribution is 6.32. The molecule has 1 aliphatic rings. The lowest BCUT2D eigenvalue weighted by Crippen LogP contribution is -2.18. The van der Waals surface area contributed by atoms with Crippen molar-refractivity contribution in [1.82, 2.24) is 34.5 Å². The average Bonchev–Trinajstić information content (AvgIpc) is 3.70. The summed E-state index contributed by atoms with van der Waals surface area (Å²) in [7, 11) is 2.95. The van der Waals surface area contributed by atoms with Gasteiger partial charge in [-0.1, -0.05) is 23.7 Å². The summed E-state index contributed by atoms with van der Waals surface area (Å²) in [6, 6.07) is 8.30. The number of benzene rings is 1. The summed E-state index contributed by atoms with van der Waals surface area (Å²) in [5.74, 6) is -0.533. The lowest BCUT2D eigenvalue weighted by Gasteiger charge is -2.22. The number of rotatable bonds is 7. The van der Waals surface area contributed by atoms with Gasteiger partial charge in [-0.3, -0.25) is 0 Å². The monoisotopic (exact) mass is 587 g/mol. The zero-order chi connectivity index (χ0) is 28.7. The molecule has 6 rings (SSSR count). The van der Waals surface area contributed by atoms with Crippen LogP contribution in [0.15, 0.2) is 42.7 Å². The lowest BCUT2D eigenvalue weighted by atomic mass is 10.1. The molecule has 214 valence electrons. The fraction of sp³-hybridized carbons (Fsp3) is 0.333. The topological polar surface area (TPSA) is 105 Å². The molecular formula is C27H25ClF3N7O3. The third-order valence-corrected chi connectivity index (χ3v) is 7.14. The molecule has 41 heavy (non-hydrogen) atoms. The third-order valence-electron chi connectivity index (χ3n) is 6.86. The highest BCUT2D eigenvalue weighted by atomic mass is 35.5. The van der Waals surface area contributed by atoms with Crippen LogP contribution in [0.3, 0.4) is 0 Å². The third kappa shape index (κ3) is 5.22. The van der Waals surface area contributed by atoms with Gasteiger partial charge in [0.2, 0.25) is 11.7 Å². The molecule has 0 bridgehead atoms. The highest BCUT2D eigenvalue weighted by Crippen LogP contribution is 2.40. The first-order valence-corrected chi connectivity index (χ1v) is 13.2. The average molecular weight is 588 g/mol. The number of hydrogen-bond acceptors (Lipinski definition) is 7. The molecule has 1 aliphatic heterocycles. The van der Waals surface area contributed by atoms with Gasteiger partial charge in [0.25, 0.3) is 0 Å². The van der Waals surface area contributed by atoms with E-state index in [-0.39, 0.29) is 35.2 Å². The molecule has 0 amide bonds. The Bertz CT molecular complexity index is 1690. The van der Waals surface area contributed by atoms with E-state index in [2.05, 4.69) is 25.1 Å². The highest BCUT2D eigenvalue weighted by Gasteiger charge is 2.39. The molecule has 1 N–H and O–H groups in total. The Labute approximate surface area is 237 Å². The Hall–Kier alpha value is -4.10. The number of pyridine rings is 1. The van der Waals surface area contributed by atoms with Crippen LogP contribution >= 0.6 is 11.6 Å². The van der Waals surface area contributed by atoms with E-state index < -0.39 is 12.0 Å². The van der Waals surface area contributed by atoms with Crippen LogP contribution in [0.5, 0.6) is 11.6 Å². The quantitative estimate of drug-likeness (QED) is 0.244. The maximum Gasteiger partial charge on any atom is 0.451 e. The minimum Gasteiger partial charge on any atom is -0.497 e. The molecular weight excluding hydrogens is 563 g/mol. The van der Waals surface area contributed by atoms with Gasteiger partial charge >= 0.3 is 6.18 Å². The van der Waals surface area contributed by atoms with Crippen LogP contribution in [0.2, 0.25) is 5.02 Å². The first-order chi connectivity index (χ1) is 19.7. The van der Waals surface area contributed by atoms with Gasteiger partial charge in [0.05, 0.1) is 38.2 Å². The van der Waals surface area contributed by atoms with Gasteiger partial charge in [-0.25, -0.2) is 19.3 Å². The standard InChI is InChI=1S/C27H25ClF3N7O3/c1-39-17-8-6-15(7-9-17)13-38-26(27(29,30)31)35-24(36-38)23-21(22-19(33-23)11-18(28)25(34-22)40-2)16-12-32-37(14-16)20-5-3-4-10-41-20/h6-9,11-12,14,20,33H,3-5,10,13H2,1-2H3. The number of aromatic nitrogens is 7. The van der Waals surface area contributed by atoms with Crippen molar-refractivity contribution in [3.05, 3.63) is 59.1 Å². The number of aromatic amines is 1. The number of ether oxygens (including phenoxy) is 3. The number of halogens is 4. The zero-order valence-corrected chi connectivity index (χ0v) is 22.8. The van der Waals surface area contributed by atoms with Gasteiger partial charge in [-0.2, -0.15) is 18.3 Å². The van der Waals surface area contributed by atoms with Crippen molar-refractivity contribution in [2.75, 3.05) is 20.8 Å². The summed E-state index contributed by atoms with van der Waals surface area (Å²) in [4.78, 5) is 11.6. The molecule has 4 aromatic heterocycles. The predicted molar refractivity (Wildman–Crippen MR) is 144 cm³/mol. The second kappa shape index (κ2) is 10.7. The van der Waals surface area contributed by atoms with Gasteiger partial charge in [-0.15, -0.1) is 5.10 Å². The summed E-state index contributed by atoms with van der Waals surface area (Å²) in [5.41, 5.74) is 2.79. The minimum absolute atomic E-state index is 0.156. The van der Waals surface area contributed by atoms with Crippen molar-refractivity contribution in [3.63, 3.8) is 0 Å². The van der Waals surface area contributed by atoms with E-state index >= 15 is 0 Å². The molecule has 1 unspecified atom stereocenters. The number of alkyl halides is 3. The molecule has 5 aromatic rings. The number of methoxy groups -OCH3 is 2. The summed E-state index contributed by atoms with van der Waals surface area (Å²) in [6.45, 7) is 0.474. The van der Waals surface area contributed by atoms with Crippen molar-refractivity contribution in [2.24, 2.45) is 0 Å². The number of nitrogens with one attached hydrogen (secondary N) is 1. The molecule has 0 aliphatic carbocycles. The largest absolute Gasteiger partial charge is 0.497 e. The first-order valence-electron chi connectivity index (χ1n) is 12.8. The number of fused-ring (bicyclic) bond motifs is 1. The van der Waals surface area contributed by atoms with Crippen LogP contribution in [-0.2, 0) is 17.5 Å². The number of H-pyrrole nitrogens is 1. The van der Waals surface area contributed by atoms with Crippen LogP contribution in [0, 0.1) is 0 Å². The first kappa shape index (κ1) is 27.1. The fourth-order valence-corrected chi connectivity index (χ4v) is 5.12. The molecule has 0 spiro atoms. The Morgan fingerprint density at radius 2 is 1.93 bits per heavy atom. The van der Waals surface area contributed by atoms with Crippen molar-refractivity contribution in [2.45, 2.75) is 38.2 Å². The second-order valence-electron chi connectivity index (χ2n) is 9.54. The minimum atomic E-state index is -4.75. The normalized spacial score (nSPS) is 15.9. The van der Waals surface area contributed by atoms with Crippen LogP contribution < -0.4 is 9.47 Å². The smallest absolute Gasteiger partial charge is 0.451 e. The Balaban J connectivity index is 1.49. The van der Waals surface area contributed by atoms with E-state index in [1.165, 1.54) is 14.2 Å². The maximum absolute atomic E-state index is 14.2. The van der Waals surface area contributed by atoms with E-state index in [0.29, 0.717) is 40.1 Å². The molecule has 1 atom stereocenters. The van der Waals surface area contributed by atoms with Crippen LogP contribution in [-0.4, -0.2) is 55.3 Å². The molecule has 5 heterocycles. The van der Waals surface area contributed by atoms with E-state index in [4.69, 9.17) is 25.8 Å². The summed E-state index contributed by atoms with van der Waals surface area (Å²) in [6.07, 6.45) is 1.20. The summed E-state index contributed by atoms with van der Waals surface area (Å²) in [5, 5.41) is 9.03. The molecule has 1 fully saturated rings. The van der Waals surface area contributed by atoms with Gasteiger partial charge in [-0.05, 0) is 43.0 Å². The maximum atomic E-state index is 14.2. The zero-order valence-electron chi connectivity index (χ0n) is 22.1. The molecule has 1 aromatic carbocycles. The van der Waals surface area contributed by atoms with Crippen LogP contribution in [0.1, 0.15) is 36.9 Å². The van der Waals surface area contributed by atoms with Crippen molar-refractivity contribution >= 4 is 22.6 Å². The van der Waals surface area contributed by atoms with Crippen LogP contribution in [0.25, 0.3) is 33.7 Å². The van der Waals surface area contributed by atoms with E-state index in [9.17, 15) is 13.2 Å². The Morgan fingerprint density at radius 3 is 2.61 bits per heavy atom. The molecule has 10 nitrogen and oxygen atoms in total. The van der Waals surface area contributed by atoms with Crippen molar-refractivity contribution < 1.29 is 27.4 Å². The van der Waals surface area contributed by atoms with E-state index in [0.717, 1.165) is 23.9 Å². The van der Waals surface area contributed by atoms with Gasteiger partial charge in [0, 0.05) is 23.9 Å². The van der Waals surface area contributed by atoms with E-state index in [1.54, 1.807) is 47.4 Å². The predicted octanol–water partition coefficient (Wildman–Crippen LogP) is 6.12. The van der Waals surface area contributed by atoms with Gasteiger partial charge < -0.3 is 19.2 Å². The number of hydrogen-bond donors (Lipinski definition) is 1. The van der Waals surface area contributed by atoms with Crippen molar-refractivity contribution in [3.8, 4) is 34.3 Å². The van der Waals surface area contributed by atoms with Crippen molar-refractivity contribution in [1.29, 1.82) is 0 Å². The fourth-order valence-electron chi connectivity index (χ4n) is 4.89. The SMILES string of the molecule is COc1ccc(Cn2nc(-c3[nH]c4cc(Cl)c(OC)nc4c3-c3cnn(C4CCCCO4)c3)nc2C(F)(F)F)cc1.